The van der Waals surface area contributed by atoms with Gasteiger partial charge in [0.25, 0.3) is 5.91 Å². The minimum absolute atomic E-state index is 0.0152. The number of furan rings is 1. The fraction of sp³-hybridized carbons (Fsp3) is 0.412. The standard InChI is InChI=1S/C17H21N3O4S/c1-13-16(25(22,23)20-9-2-3-10-20)11-15(24-13)17(21)19-8-6-14-5-4-7-18-12-14/h4-5,7,11-12H,2-3,6,8-10H2,1H3,(H,19,21). The van der Waals surface area contributed by atoms with Crippen LogP contribution in [0.2, 0.25) is 0 Å². The average Bonchev–Trinajstić information content (AvgIpc) is 3.26. The molecule has 0 saturated carbocycles. The molecule has 25 heavy (non-hydrogen) atoms. The van der Waals surface area contributed by atoms with E-state index in [0.717, 1.165) is 18.4 Å². The summed E-state index contributed by atoms with van der Waals surface area (Å²) < 4.78 is 32.1. The van der Waals surface area contributed by atoms with E-state index >= 15 is 0 Å². The summed E-state index contributed by atoms with van der Waals surface area (Å²) in [6, 6.07) is 5.09. The molecule has 3 heterocycles. The summed E-state index contributed by atoms with van der Waals surface area (Å²) in [5.41, 5.74) is 1.01. The molecule has 134 valence electrons. The molecule has 7 nitrogen and oxygen atoms in total. The number of nitrogens with one attached hydrogen (secondary N) is 1. The number of sulfonamides is 1. The van der Waals surface area contributed by atoms with Crippen molar-refractivity contribution in [2.24, 2.45) is 0 Å². The Labute approximate surface area is 147 Å². The fourth-order valence-electron chi connectivity index (χ4n) is 2.85. The lowest BCUT2D eigenvalue weighted by Gasteiger charge is -2.14. The first kappa shape index (κ1) is 17.6. The first-order chi connectivity index (χ1) is 12.0. The number of aryl methyl sites for hydroxylation is 1. The Bertz CT molecular complexity index is 840. The molecule has 1 aliphatic heterocycles. The molecule has 3 rings (SSSR count). The number of aromatic nitrogens is 1. The summed E-state index contributed by atoms with van der Waals surface area (Å²) in [4.78, 5) is 16.3. The van der Waals surface area contributed by atoms with Crippen LogP contribution < -0.4 is 5.32 Å². The lowest BCUT2D eigenvalue weighted by Crippen LogP contribution is -2.28. The predicted molar refractivity (Wildman–Crippen MR) is 91.7 cm³/mol. The summed E-state index contributed by atoms with van der Waals surface area (Å²) >= 11 is 0. The zero-order valence-electron chi connectivity index (χ0n) is 14.1. The van der Waals surface area contributed by atoms with Crippen molar-refractivity contribution in [3.63, 3.8) is 0 Å². The molecule has 1 saturated heterocycles. The van der Waals surface area contributed by atoms with E-state index < -0.39 is 15.9 Å². The van der Waals surface area contributed by atoms with Crippen LogP contribution in [0.15, 0.2) is 39.9 Å². The van der Waals surface area contributed by atoms with Crippen molar-refractivity contribution >= 4 is 15.9 Å². The van der Waals surface area contributed by atoms with Gasteiger partial charge < -0.3 is 9.73 Å². The topological polar surface area (TPSA) is 92.5 Å². The van der Waals surface area contributed by atoms with E-state index in [1.54, 1.807) is 19.3 Å². The molecular weight excluding hydrogens is 342 g/mol. The highest BCUT2D eigenvalue weighted by atomic mass is 32.2. The molecule has 1 amide bonds. The molecule has 0 aliphatic carbocycles. The Morgan fingerprint density at radius 2 is 2.12 bits per heavy atom. The minimum Gasteiger partial charge on any atom is -0.455 e. The summed E-state index contributed by atoms with van der Waals surface area (Å²) in [7, 11) is -3.59. The van der Waals surface area contributed by atoms with E-state index in [4.69, 9.17) is 4.42 Å². The van der Waals surface area contributed by atoms with Gasteiger partial charge in [-0.2, -0.15) is 4.31 Å². The number of hydrogen-bond donors (Lipinski definition) is 1. The van der Waals surface area contributed by atoms with Crippen LogP contribution in [0.1, 0.15) is 34.7 Å². The Morgan fingerprint density at radius 3 is 2.80 bits per heavy atom. The van der Waals surface area contributed by atoms with E-state index in [-0.39, 0.29) is 16.4 Å². The number of carbonyl (C=O) groups is 1. The molecule has 0 bridgehead atoms. The van der Waals surface area contributed by atoms with Crippen LogP contribution in [0.5, 0.6) is 0 Å². The van der Waals surface area contributed by atoms with Gasteiger partial charge in [0.1, 0.15) is 10.7 Å². The summed E-state index contributed by atoms with van der Waals surface area (Å²) in [5.74, 6) is -0.166. The van der Waals surface area contributed by atoms with Crippen LogP contribution in [0.4, 0.5) is 0 Å². The molecule has 1 N–H and O–H groups in total. The van der Waals surface area contributed by atoms with Gasteiger partial charge in [-0.1, -0.05) is 6.07 Å². The van der Waals surface area contributed by atoms with Crippen molar-refractivity contribution in [3.8, 4) is 0 Å². The predicted octanol–water partition coefficient (Wildman–Crippen LogP) is 1.74. The van der Waals surface area contributed by atoms with Gasteiger partial charge in [0.2, 0.25) is 10.0 Å². The van der Waals surface area contributed by atoms with Crippen LogP contribution in [0.3, 0.4) is 0 Å². The van der Waals surface area contributed by atoms with Crippen LogP contribution in [-0.2, 0) is 16.4 Å². The Morgan fingerprint density at radius 1 is 1.36 bits per heavy atom. The van der Waals surface area contributed by atoms with Gasteiger partial charge >= 0.3 is 0 Å². The van der Waals surface area contributed by atoms with Crippen molar-refractivity contribution < 1.29 is 17.6 Å². The number of pyridine rings is 1. The van der Waals surface area contributed by atoms with Crippen LogP contribution in [0.25, 0.3) is 0 Å². The van der Waals surface area contributed by atoms with E-state index in [1.807, 2.05) is 12.1 Å². The number of rotatable bonds is 6. The van der Waals surface area contributed by atoms with Gasteiger partial charge in [0.15, 0.2) is 5.76 Å². The maximum atomic E-state index is 12.6. The van der Waals surface area contributed by atoms with Gasteiger partial charge in [-0.3, -0.25) is 9.78 Å². The molecule has 0 spiro atoms. The van der Waals surface area contributed by atoms with Crippen molar-refractivity contribution in [1.29, 1.82) is 0 Å². The number of carbonyl (C=O) groups excluding carboxylic acids is 1. The molecule has 8 heteroatoms. The maximum Gasteiger partial charge on any atom is 0.287 e. The molecule has 0 unspecified atom stereocenters. The second kappa shape index (κ2) is 7.37. The van der Waals surface area contributed by atoms with E-state index in [0.29, 0.717) is 26.1 Å². The highest BCUT2D eigenvalue weighted by Crippen LogP contribution is 2.26. The summed E-state index contributed by atoms with van der Waals surface area (Å²) in [6.07, 6.45) is 5.79. The van der Waals surface area contributed by atoms with Gasteiger partial charge in [-0.15, -0.1) is 0 Å². The van der Waals surface area contributed by atoms with Crippen molar-refractivity contribution in [2.75, 3.05) is 19.6 Å². The largest absolute Gasteiger partial charge is 0.455 e. The third-order valence-electron chi connectivity index (χ3n) is 4.20. The monoisotopic (exact) mass is 363 g/mol. The number of amides is 1. The molecule has 0 atom stereocenters. The number of hydrogen-bond acceptors (Lipinski definition) is 5. The maximum absolute atomic E-state index is 12.6. The first-order valence-electron chi connectivity index (χ1n) is 8.26. The van der Waals surface area contributed by atoms with E-state index in [9.17, 15) is 13.2 Å². The van der Waals surface area contributed by atoms with Crippen LogP contribution in [-0.4, -0.2) is 43.2 Å². The smallest absolute Gasteiger partial charge is 0.287 e. The summed E-state index contributed by atoms with van der Waals surface area (Å²) in [5, 5.41) is 2.74. The van der Waals surface area contributed by atoms with Crippen LogP contribution >= 0.6 is 0 Å². The third-order valence-corrected chi connectivity index (χ3v) is 6.21. The van der Waals surface area contributed by atoms with Crippen molar-refractivity contribution in [3.05, 3.63) is 47.7 Å². The lowest BCUT2D eigenvalue weighted by molar-refractivity contribution is 0.0925. The van der Waals surface area contributed by atoms with Crippen molar-refractivity contribution in [2.45, 2.75) is 31.1 Å². The van der Waals surface area contributed by atoms with Gasteiger partial charge in [0.05, 0.1) is 0 Å². The molecule has 2 aromatic heterocycles. The third kappa shape index (κ3) is 3.91. The van der Waals surface area contributed by atoms with E-state index in [2.05, 4.69) is 10.3 Å². The quantitative estimate of drug-likeness (QED) is 0.844. The fourth-order valence-corrected chi connectivity index (χ4v) is 4.53. The molecule has 1 aliphatic rings. The second-order valence-corrected chi connectivity index (χ2v) is 7.92. The highest BCUT2D eigenvalue weighted by Gasteiger charge is 2.31. The lowest BCUT2D eigenvalue weighted by atomic mass is 10.2. The van der Waals surface area contributed by atoms with Crippen molar-refractivity contribution in [1.82, 2.24) is 14.6 Å². The zero-order valence-corrected chi connectivity index (χ0v) is 14.9. The molecule has 0 radical (unpaired) electrons. The Kier molecular flexibility index (Phi) is 5.19. The van der Waals surface area contributed by atoms with E-state index in [1.165, 1.54) is 10.4 Å². The Balaban J connectivity index is 1.66. The van der Waals surface area contributed by atoms with Gasteiger partial charge in [0, 0.05) is 38.1 Å². The average molecular weight is 363 g/mol. The van der Waals surface area contributed by atoms with Crippen LogP contribution in [0, 0.1) is 6.92 Å². The van der Waals surface area contributed by atoms with Gasteiger partial charge in [-0.05, 0) is 37.8 Å². The minimum atomic E-state index is -3.59. The molecular formula is C17H21N3O4S. The second-order valence-electron chi connectivity index (χ2n) is 6.01. The number of nitrogens with zero attached hydrogens (tertiary/aromatic N) is 2. The summed E-state index contributed by atoms with van der Waals surface area (Å²) in [6.45, 7) is 3.01. The normalized spacial score (nSPS) is 15.4. The molecule has 0 aromatic carbocycles. The Hall–Kier alpha value is -2.19. The SMILES string of the molecule is Cc1oc(C(=O)NCCc2cccnc2)cc1S(=O)(=O)N1CCCC1. The van der Waals surface area contributed by atoms with Gasteiger partial charge in [-0.25, -0.2) is 8.42 Å². The highest BCUT2D eigenvalue weighted by molar-refractivity contribution is 7.89. The molecule has 2 aromatic rings. The zero-order chi connectivity index (χ0) is 17.9. The first-order valence-corrected chi connectivity index (χ1v) is 9.70. The molecule has 1 fully saturated rings.